The van der Waals surface area contributed by atoms with Crippen LogP contribution in [-0.2, 0) is 17.0 Å². The molecule has 0 spiro atoms. The van der Waals surface area contributed by atoms with Crippen molar-refractivity contribution in [1.82, 2.24) is 24.7 Å². The highest BCUT2D eigenvalue weighted by molar-refractivity contribution is 7.98. The number of methoxy groups -OCH3 is 1. The van der Waals surface area contributed by atoms with E-state index in [1.54, 1.807) is 25.2 Å². The molecule has 2 N–H and O–H groups in total. The van der Waals surface area contributed by atoms with Crippen molar-refractivity contribution in [3.63, 3.8) is 0 Å². The molecule has 0 bridgehead atoms. The fourth-order valence-corrected chi connectivity index (χ4v) is 3.03. The maximum Gasteiger partial charge on any atom is 0.191 e. The van der Waals surface area contributed by atoms with Gasteiger partial charge in [0.25, 0.3) is 0 Å². The number of ether oxygens (including phenoxy) is 1. The molecule has 0 amide bonds. The van der Waals surface area contributed by atoms with Crippen LogP contribution in [0, 0.1) is 0 Å². The van der Waals surface area contributed by atoms with E-state index < -0.39 is 0 Å². The molecule has 0 fully saturated rings. The zero-order chi connectivity index (χ0) is 16.1. The SMILES string of the molecule is COCCCn1cnnc1SCc1nc(N)c2ccccc2n1. The summed E-state index contributed by atoms with van der Waals surface area (Å²) >= 11 is 1.55. The van der Waals surface area contributed by atoms with Crippen LogP contribution in [0.2, 0.25) is 0 Å². The third kappa shape index (κ3) is 3.77. The highest BCUT2D eigenvalue weighted by atomic mass is 32.2. The van der Waals surface area contributed by atoms with E-state index in [1.807, 2.05) is 28.8 Å². The van der Waals surface area contributed by atoms with E-state index in [-0.39, 0.29) is 0 Å². The van der Waals surface area contributed by atoms with Gasteiger partial charge in [-0.3, -0.25) is 0 Å². The summed E-state index contributed by atoms with van der Waals surface area (Å²) in [5.74, 6) is 1.79. The fraction of sp³-hybridized carbons (Fsp3) is 0.333. The van der Waals surface area contributed by atoms with Gasteiger partial charge in [0, 0.05) is 25.6 Å². The van der Waals surface area contributed by atoms with Crippen molar-refractivity contribution >= 4 is 28.5 Å². The number of aryl methyl sites for hydroxylation is 1. The first kappa shape index (κ1) is 15.7. The molecular weight excluding hydrogens is 312 g/mol. The summed E-state index contributed by atoms with van der Waals surface area (Å²) in [6.07, 6.45) is 2.65. The van der Waals surface area contributed by atoms with Crippen molar-refractivity contribution in [2.75, 3.05) is 19.5 Å². The van der Waals surface area contributed by atoms with Crippen LogP contribution >= 0.6 is 11.8 Å². The number of anilines is 1. The number of hydrogen-bond acceptors (Lipinski definition) is 7. The zero-order valence-corrected chi connectivity index (χ0v) is 13.7. The van der Waals surface area contributed by atoms with Gasteiger partial charge in [-0.25, -0.2) is 9.97 Å². The van der Waals surface area contributed by atoms with Gasteiger partial charge in [-0.2, -0.15) is 0 Å². The Bertz CT molecular complexity index is 790. The van der Waals surface area contributed by atoms with Crippen LogP contribution in [0.3, 0.4) is 0 Å². The van der Waals surface area contributed by atoms with Gasteiger partial charge in [0.05, 0.1) is 11.3 Å². The summed E-state index contributed by atoms with van der Waals surface area (Å²) in [5, 5.41) is 9.83. The van der Waals surface area contributed by atoms with E-state index in [4.69, 9.17) is 10.5 Å². The number of hydrogen-bond donors (Lipinski definition) is 1. The molecule has 0 saturated heterocycles. The van der Waals surface area contributed by atoms with Gasteiger partial charge >= 0.3 is 0 Å². The molecule has 0 aliphatic heterocycles. The number of para-hydroxylation sites is 1. The summed E-state index contributed by atoms with van der Waals surface area (Å²) in [7, 11) is 1.70. The second-order valence-electron chi connectivity index (χ2n) is 4.98. The number of nitrogen functional groups attached to an aromatic ring is 1. The smallest absolute Gasteiger partial charge is 0.191 e. The molecule has 0 aliphatic rings. The summed E-state index contributed by atoms with van der Waals surface area (Å²) in [6, 6.07) is 7.74. The quantitative estimate of drug-likeness (QED) is 0.524. The molecule has 3 rings (SSSR count). The van der Waals surface area contributed by atoms with Crippen LogP contribution in [0.25, 0.3) is 10.9 Å². The number of thioether (sulfide) groups is 1. The van der Waals surface area contributed by atoms with Crippen molar-refractivity contribution in [2.45, 2.75) is 23.9 Å². The molecule has 0 atom stereocenters. The Morgan fingerprint density at radius 1 is 1.26 bits per heavy atom. The van der Waals surface area contributed by atoms with Gasteiger partial charge in [-0.1, -0.05) is 23.9 Å². The second-order valence-corrected chi connectivity index (χ2v) is 5.93. The minimum atomic E-state index is 0.507. The molecule has 3 aromatic rings. The lowest BCUT2D eigenvalue weighted by Crippen LogP contribution is -2.03. The van der Waals surface area contributed by atoms with Gasteiger partial charge < -0.3 is 15.0 Å². The van der Waals surface area contributed by atoms with E-state index in [0.29, 0.717) is 24.0 Å². The minimum absolute atomic E-state index is 0.507. The van der Waals surface area contributed by atoms with Crippen molar-refractivity contribution < 1.29 is 4.74 Å². The summed E-state index contributed by atoms with van der Waals surface area (Å²) in [4.78, 5) is 8.93. The maximum atomic E-state index is 6.01. The highest BCUT2D eigenvalue weighted by Crippen LogP contribution is 2.22. The Kier molecular flexibility index (Phi) is 5.04. The first-order chi connectivity index (χ1) is 11.3. The number of nitrogens with zero attached hydrogens (tertiary/aromatic N) is 5. The average Bonchev–Trinajstić information content (AvgIpc) is 3.01. The molecule has 8 heteroatoms. The van der Waals surface area contributed by atoms with Gasteiger partial charge in [0.2, 0.25) is 0 Å². The molecule has 0 aliphatic carbocycles. The second kappa shape index (κ2) is 7.38. The lowest BCUT2D eigenvalue weighted by molar-refractivity contribution is 0.189. The van der Waals surface area contributed by atoms with Crippen molar-refractivity contribution in [3.05, 3.63) is 36.4 Å². The monoisotopic (exact) mass is 330 g/mol. The Balaban J connectivity index is 1.70. The number of fused-ring (bicyclic) bond motifs is 1. The zero-order valence-electron chi connectivity index (χ0n) is 12.8. The molecule has 2 aromatic heterocycles. The molecular formula is C15H18N6OS. The summed E-state index contributed by atoms with van der Waals surface area (Å²) < 4.78 is 7.08. The lowest BCUT2D eigenvalue weighted by atomic mass is 10.2. The number of aromatic nitrogens is 5. The number of nitrogens with two attached hydrogens (primary N) is 1. The maximum absolute atomic E-state index is 6.01. The average molecular weight is 330 g/mol. The van der Waals surface area contributed by atoms with Crippen LogP contribution in [0.4, 0.5) is 5.82 Å². The van der Waals surface area contributed by atoms with Crippen LogP contribution in [-0.4, -0.2) is 38.4 Å². The molecule has 0 radical (unpaired) electrons. The predicted molar refractivity (Wildman–Crippen MR) is 90.0 cm³/mol. The Hall–Kier alpha value is -2.19. The number of benzene rings is 1. The normalized spacial score (nSPS) is 11.2. The molecule has 2 heterocycles. The van der Waals surface area contributed by atoms with E-state index in [2.05, 4.69) is 20.2 Å². The van der Waals surface area contributed by atoms with E-state index >= 15 is 0 Å². The van der Waals surface area contributed by atoms with Gasteiger partial charge in [0.15, 0.2) is 5.16 Å². The molecule has 0 unspecified atom stereocenters. The third-order valence-electron chi connectivity index (χ3n) is 3.34. The van der Waals surface area contributed by atoms with E-state index in [0.717, 1.165) is 29.0 Å². The van der Waals surface area contributed by atoms with Crippen LogP contribution in [0.15, 0.2) is 35.7 Å². The number of rotatable bonds is 7. The van der Waals surface area contributed by atoms with Crippen LogP contribution in [0.5, 0.6) is 0 Å². The molecule has 23 heavy (non-hydrogen) atoms. The van der Waals surface area contributed by atoms with E-state index in [9.17, 15) is 0 Å². The van der Waals surface area contributed by atoms with Crippen molar-refractivity contribution in [1.29, 1.82) is 0 Å². The Morgan fingerprint density at radius 3 is 3.00 bits per heavy atom. The molecule has 7 nitrogen and oxygen atoms in total. The van der Waals surface area contributed by atoms with Gasteiger partial charge in [-0.05, 0) is 18.6 Å². The van der Waals surface area contributed by atoms with Crippen LogP contribution in [0.1, 0.15) is 12.2 Å². The first-order valence-electron chi connectivity index (χ1n) is 7.28. The van der Waals surface area contributed by atoms with Crippen molar-refractivity contribution in [2.24, 2.45) is 0 Å². The fourth-order valence-electron chi connectivity index (χ4n) is 2.23. The third-order valence-corrected chi connectivity index (χ3v) is 4.31. The summed E-state index contributed by atoms with van der Waals surface area (Å²) in [5.41, 5.74) is 6.87. The first-order valence-corrected chi connectivity index (χ1v) is 8.27. The van der Waals surface area contributed by atoms with Crippen LogP contribution < -0.4 is 5.73 Å². The van der Waals surface area contributed by atoms with Crippen molar-refractivity contribution in [3.8, 4) is 0 Å². The standard InChI is InChI=1S/C15H18N6OS/c1-22-8-4-7-21-10-17-20-15(21)23-9-13-18-12-6-3-2-5-11(12)14(16)19-13/h2-3,5-6,10H,4,7-9H2,1H3,(H2,16,18,19). The largest absolute Gasteiger partial charge is 0.385 e. The van der Waals surface area contributed by atoms with Gasteiger partial charge in [0.1, 0.15) is 18.0 Å². The predicted octanol–water partition coefficient (Wildman–Crippen LogP) is 2.13. The minimum Gasteiger partial charge on any atom is -0.385 e. The molecule has 120 valence electrons. The van der Waals surface area contributed by atoms with E-state index in [1.165, 1.54) is 0 Å². The topological polar surface area (TPSA) is 91.7 Å². The Morgan fingerprint density at radius 2 is 2.13 bits per heavy atom. The summed E-state index contributed by atoms with van der Waals surface area (Å²) in [6.45, 7) is 1.54. The van der Waals surface area contributed by atoms with Gasteiger partial charge in [-0.15, -0.1) is 10.2 Å². The molecule has 0 saturated carbocycles. The Labute approximate surface area is 138 Å². The molecule has 1 aromatic carbocycles. The highest BCUT2D eigenvalue weighted by Gasteiger charge is 2.09. The lowest BCUT2D eigenvalue weighted by Gasteiger charge is -2.07.